The fourth-order valence-electron chi connectivity index (χ4n) is 2.10. The minimum Gasteiger partial charge on any atom is -0.326 e. The summed E-state index contributed by atoms with van der Waals surface area (Å²) in [6.45, 7) is 0. The third-order valence-electron chi connectivity index (χ3n) is 3.53. The lowest BCUT2D eigenvalue weighted by Gasteiger charge is -2.09. The van der Waals surface area contributed by atoms with Crippen LogP contribution < -0.4 is 10.6 Å². The highest BCUT2D eigenvalue weighted by atomic mass is 127. The number of benzene rings is 2. The van der Waals surface area contributed by atoms with Crippen molar-refractivity contribution in [3.8, 4) is 0 Å². The number of hydrogen-bond donors (Lipinski definition) is 2. The predicted molar refractivity (Wildman–Crippen MR) is 103 cm³/mol. The molecule has 0 atom stereocenters. The zero-order valence-electron chi connectivity index (χ0n) is 12.1. The van der Waals surface area contributed by atoms with Crippen LogP contribution in [0.4, 0.5) is 11.4 Å². The number of carbonyl (C=O) groups is 2. The van der Waals surface area contributed by atoms with Crippen LogP contribution in [0.15, 0.2) is 46.9 Å². The molecule has 2 aromatic carbocycles. The van der Waals surface area contributed by atoms with E-state index in [2.05, 4.69) is 49.2 Å². The Labute approximate surface area is 156 Å². The first-order valence-corrected chi connectivity index (χ1v) is 9.07. The first-order chi connectivity index (χ1) is 11.0. The summed E-state index contributed by atoms with van der Waals surface area (Å²) >= 11 is 5.51. The molecule has 2 amide bonds. The maximum Gasteiger partial charge on any atom is 0.256 e. The molecule has 1 fully saturated rings. The molecule has 1 saturated carbocycles. The summed E-state index contributed by atoms with van der Waals surface area (Å²) in [7, 11) is 0. The van der Waals surface area contributed by atoms with Gasteiger partial charge in [-0.3, -0.25) is 9.59 Å². The Hall–Kier alpha value is -1.41. The SMILES string of the molecule is O=C(Nc1ccc(NC(=O)C2CC2)cc1)c1cc(Br)ccc1I. The molecule has 2 N–H and O–H groups in total. The Bertz CT molecular complexity index is 758. The molecular weight excluding hydrogens is 471 g/mol. The maximum atomic E-state index is 12.3. The monoisotopic (exact) mass is 484 g/mol. The van der Waals surface area contributed by atoms with Crippen molar-refractivity contribution < 1.29 is 9.59 Å². The second-order valence-electron chi connectivity index (χ2n) is 5.42. The molecule has 0 aromatic heterocycles. The molecule has 1 aliphatic carbocycles. The van der Waals surface area contributed by atoms with Gasteiger partial charge in [-0.1, -0.05) is 15.9 Å². The lowest BCUT2D eigenvalue weighted by molar-refractivity contribution is -0.117. The van der Waals surface area contributed by atoms with Crippen molar-refractivity contribution in [1.82, 2.24) is 0 Å². The molecular formula is C17H14BrIN2O2. The van der Waals surface area contributed by atoms with E-state index in [0.717, 1.165) is 26.6 Å². The second-order valence-corrected chi connectivity index (χ2v) is 7.50. The van der Waals surface area contributed by atoms with Crippen molar-refractivity contribution in [3.05, 3.63) is 56.1 Å². The van der Waals surface area contributed by atoms with Gasteiger partial charge < -0.3 is 10.6 Å². The quantitative estimate of drug-likeness (QED) is 0.620. The Morgan fingerprint density at radius 3 is 2.22 bits per heavy atom. The Kier molecular flexibility index (Phi) is 5.01. The predicted octanol–water partition coefficient (Wildman–Crippen LogP) is 4.65. The van der Waals surface area contributed by atoms with E-state index in [1.54, 1.807) is 30.3 Å². The van der Waals surface area contributed by atoms with Crippen molar-refractivity contribution >= 4 is 61.7 Å². The topological polar surface area (TPSA) is 58.2 Å². The zero-order chi connectivity index (χ0) is 16.4. The Morgan fingerprint density at radius 1 is 1.00 bits per heavy atom. The number of amides is 2. The molecule has 0 heterocycles. The number of hydrogen-bond acceptors (Lipinski definition) is 2. The Morgan fingerprint density at radius 2 is 1.61 bits per heavy atom. The molecule has 0 radical (unpaired) electrons. The van der Waals surface area contributed by atoms with Crippen LogP contribution in [0.2, 0.25) is 0 Å². The smallest absolute Gasteiger partial charge is 0.256 e. The van der Waals surface area contributed by atoms with Gasteiger partial charge >= 0.3 is 0 Å². The highest BCUT2D eigenvalue weighted by molar-refractivity contribution is 14.1. The fraction of sp³-hybridized carbons (Fsp3) is 0.176. The fourth-order valence-corrected chi connectivity index (χ4v) is 3.04. The van der Waals surface area contributed by atoms with E-state index >= 15 is 0 Å². The summed E-state index contributed by atoms with van der Waals surface area (Å²) < 4.78 is 1.75. The molecule has 3 rings (SSSR count). The summed E-state index contributed by atoms with van der Waals surface area (Å²) in [4.78, 5) is 24.0. The first kappa shape index (κ1) is 16.4. The van der Waals surface area contributed by atoms with Crippen molar-refractivity contribution in [3.63, 3.8) is 0 Å². The average Bonchev–Trinajstić information content (AvgIpc) is 3.36. The third kappa shape index (κ3) is 4.32. The van der Waals surface area contributed by atoms with Gasteiger partial charge in [-0.05, 0) is 77.9 Å². The number of carbonyl (C=O) groups excluding carboxylic acids is 2. The normalized spacial score (nSPS) is 13.5. The van der Waals surface area contributed by atoms with Crippen molar-refractivity contribution in [1.29, 1.82) is 0 Å². The highest BCUT2D eigenvalue weighted by Crippen LogP contribution is 2.30. The number of nitrogens with one attached hydrogen (secondary N) is 2. The largest absolute Gasteiger partial charge is 0.326 e. The van der Waals surface area contributed by atoms with Gasteiger partial charge in [0, 0.05) is 25.3 Å². The maximum absolute atomic E-state index is 12.3. The van der Waals surface area contributed by atoms with Crippen LogP contribution in [0.5, 0.6) is 0 Å². The summed E-state index contributed by atoms with van der Waals surface area (Å²) in [6.07, 6.45) is 1.95. The van der Waals surface area contributed by atoms with Gasteiger partial charge in [0.05, 0.1) is 5.56 Å². The van der Waals surface area contributed by atoms with E-state index in [1.165, 1.54) is 0 Å². The standard InChI is InChI=1S/C17H14BrIN2O2/c18-11-3-8-15(19)14(9-11)17(23)21-13-6-4-12(5-7-13)20-16(22)10-1-2-10/h3-10H,1-2H2,(H,20,22)(H,21,23). The third-order valence-corrected chi connectivity index (χ3v) is 4.97. The second kappa shape index (κ2) is 7.00. The molecule has 4 nitrogen and oxygen atoms in total. The summed E-state index contributed by atoms with van der Waals surface area (Å²) in [5.74, 6) is 0.0870. The van der Waals surface area contributed by atoms with Gasteiger partial charge in [0.1, 0.15) is 0 Å². The molecule has 0 bridgehead atoms. The zero-order valence-corrected chi connectivity index (χ0v) is 15.8. The number of halogens is 2. The van der Waals surface area contributed by atoms with Gasteiger partial charge in [-0.15, -0.1) is 0 Å². The minimum absolute atomic E-state index is 0.0745. The van der Waals surface area contributed by atoms with E-state index < -0.39 is 0 Å². The molecule has 6 heteroatoms. The minimum atomic E-state index is -0.162. The van der Waals surface area contributed by atoms with Crippen LogP contribution in [0.3, 0.4) is 0 Å². The molecule has 23 heavy (non-hydrogen) atoms. The Balaban J connectivity index is 1.66. The van der Waals surface area contributed by atoms with Gasteiger partial charge in [-0.25, -0.2) is 0 Å². The van der Waals surface area contributed by atoms with Crippen LogP contribution in [-0.2, 0) is 4.79 Å². The van der Waals surface area contributed by atoms with E-state index in [4.69, 9.17) is 0 Å². The van der Waals surface area contributed by atoms with Gasteiger partial charge in [0.15, 0.2) is 0 Å². The van der Waals surface area contributed by atoms with Crippen LogP contribution in [0.1, 0.15) is 23.2 Å². The summed E-state index contributed by atoms with van der Waals surface area (Å²) in [5, 5.41) is 5.74. The molecule has 1 aliphatic rings. The molecule has 0 aliphatic heterocycles. The highest BCUT2D eigenvalue weighted by Gasteiger charge is 2.29. The molecule has 0 saturated heterocycles. The van der Waals surface area contributed by atoms with Crippen LogP contribution in [0, 0.1) is 9.49 Å². The summed E-state index contributed by atoms with van der Waals surface area (Å²) in [6, 6.07) is 12.7. The first-order valence-electron chi connectivity index (χ1n) is 7.20. The summed E-state index contributed by atoms with van der Waals surface area (Å²) in [5.41, 5.74) is 2.05. The molecule has 0 spiro atoms. The van der Waals surface area contributed by atoms with Crippen LogP contribution in [-0.4, -0.2) is 11.8 Å². The lowest BCUT2D eigenvalue weighted by Crippen LogP contribution is -2.14. The molecule has 118 valence electrons. The van der Waals surface area contributed by atoms with Crippen LogP contribution >= 0.6 is 38.5 Å². The van der Waals surface area contributed by atoms with Crippen molar-refractivity contribution in [2.75, 3.05) is 10.6 Å². The van der Waals surface area contributed by atoms with Gasteiger partial charge in [-0.2, -0.15) is 0 Å². The molecule has 2 aromatic rings. The van der Waals surface area contributed by atoms with E-state index in [-0.39, 0.29) is 17.7 Å². The van der Waals surface area contributed by atoms with Crippen molar-refractivity contribution in [2.45, 2.75) is 12.8 Å². The van der Waals surface area contributed by atoms with Gasteiger partial charge in [0.2, 0.25) is 5.91 Å². The number of rotatable bonds is 4. The average molecular weight is 485 g/mol. The van der Waals surface area contributed by atoms with E-state index in [1.807, 2.05) is 12.1 Å². The van der Waals surface area contributed by atoms with E-state index in [9.17, 15) is 9.59 Å². The van der Waals surface area contributed by atoms with Crippen molar-refractivity contribution in [2.24, 2.45) is 5.92 Å². The van der Waals surface area contributed by atoms with Crippen LogP contribution in [0.25, 0.3) is 0 Å². The number of anilines is 2. The van der Waals surface area contributed by atoms with E-state index in [0.29, 0.717) is 11.3 Å². The van der Waals surface area contributed by atoms with Gasteiger partial charge in [0.25, 0.3) is 5.91 Å². The lowest BCUT2D eigenvalue weighted by atomic mass is 10.2. The molecule has 0 unspecified atom stereocenters.